The maximum Gasteiger partial charge on any atom is 0.408 e. The fourth-order valence-electron chi connectivity index (χ4n) is 1.72. The number of hydrogen-bond acceptors (Lipinski definition) is 8. The quantitative estimate of drug-likeness (QED) is 0.163. The van der Waals surface area contributed by atoms with E-state index in [1.54, 1.807) is 0 Å². The first kappa shape index (κ1) is 24.5. The van der Waals surface area contributed by atoms with Crippen LogP contribution in [0, 0.1) is 0 Å². The highest BCUT2D eigenvalue weighted by Gasteiger charge is 2.23. The molecule has 26 heavy (non-hydrogen) atoms. The molecule has 0 saturated heterocycles. The average Bonchev–Trinajstić information content (AvgIpc) is 2.58. The maximum absolute atomic E-state index is 12.2. The third-order valence-electron chi connectivity index (χ3n) is 3.01. The molecule has 0 fully saturated rings. The molecule has 0 aromatic carbocycles. The molecule has 0 heterocycles. The Bertz CT molecular complexity index is 503. The Hall–Kier alpha value is -1.52. The van der Waals surface area contributed by atoms with Crippen molar-refractivity contribution in [3.05, 3.63) is 0 Å². The molecule has 0 saturated carbocycles. The fourth-order valence-corrected chi connectivity index (χ4v) is 2.67. The Morgan fingerprint density at radius 3 is 2.31 bits per heavy atom. The number of unbranched alkanes of at least 4 members (excludes halogenated alkanes) is 1. The standard InChI is InChI=1S/C14H28N3O8P/c1-11(18)15-9-14(20)24-10-25-26(21,23-4)16-8-6-5-7-13(22-3)17-12(2)19/h13H,5-10H2,1-4H3,(H,15,18)(H,16,21)(H,17,19)/t13-,26?/m1/s1. The van der Waals surface area contributed by atoms with E-state index in [0.717, 1.165) is 0 Å². The van der Waals surface area contributed by atoms with E-state index >= 15 is 0 Å². The number of methoxy groups -OCH3 is 1. The lowest BCUT2D eigenvalue weighted by atomic mass is 10.2. The van der Waals surface area contributed by atoms with E-state index in [1.165, 1.54) is 28.1 Å². The SMILES string of the molecule is CO[C@H](CCCCNP(=O)(OC)OCOC(=O)CNC(C)=O)NC(C)=O. The minimum atomic E-state index is -3.60. The van der Waals surface area contributed by atoms with E-state index in [4.69, 9.17) is 13.8 Å². The summed E-state index contributed by atoms with van der Waals surface area (Å²) in [5.41, 5.74) is 0. The topological polar surface area (TPSA) is 141 Å². The maximum atomic E-state index is 12.2. The summed E-state index contributed by atoms with van der Waals surface area (Å²) in [4.78, 5) is 32.9. The van der Waals surface area contributed by atoms with E-state index < -0.39 is 20.5 Å². The van der Waals surface area contributed by atoms with Crippen molar-refractivity contribution >= 4 is 25.5 Å². The van der Waals surface area contributed by atoms with E-state index in [9.17, 15) is 18.9 Å². The van der Waals surface area contributed by atoms with Crippen molar-refractivity contribution in [2.45, 2.75) is 39.3 Å². The van der Waals surface area contributed by atoms with Crippen LogP contribution in [-0.4, -0.2) is 58.1 Å². The number of hydrogen-bond donors (Lipinski definition) is 3. The number of nitrogens with one attached hydrogen (secondary N) is 3. The zero-order chi connectivity index (χ0) is 20.0. The summed E-state index contributed by atoms with van der Waals surface area (Å²) >= 11 is 0. The van der Waals surface area contributed by atoms with Crippen molar-refractivity contribution < 1.29 is 37.5 Å². The van der Waals surface area contributed by atoms with Crippen LogP contribution in [0.2, 0.25) is 0 Å². The molecular weight excluding hydrogens is 369 g/mol. The third-order valence-corrected chi connectivity index (χ3v) is 4.55. The second-order valence-corrected chi connectivity index (χ2v) is 7.12. The van der Waals surface area contributed by atoms with Gasteiger partial charge in [0.15, 0.2) is 0 Å². The molecule has 3 N–H and O–H groups in total. The lowest BCUT2D eigenvalue weighted by molar-refractivity contribution is -0.150. The molecule has 1 unspecified atom stereocenters. The summed E-state index contributed by atoms with van der Waals surface area (Å²) in [6, 6.07) is 0. The largest absolute Gasteiger partial charge is 0.437 e. The van der Waals surface area contributed by atoms with Gasteiger partial charge in [0.05, 0.1) is 0 Å². The summed E-state index contributed by atoms with van der Waals surface area (Å²) < 4.78 is 31.8. The summed E-state index contributed by atoms with van der Waals surface area (Å²) in [5, 5.41) is 7.53. The second-order valence-electron chi connectivity index (χ2n) is 5.18. The number of carbonyl (C=O) groups is 3. The van der Waals surface area contributed by atoms with E-state index in [0.29, 0.717) is 25.8 Å². The molecule has 2 amide bonds. The van der Waals surface area contributed by atoms with Gasteiger partial charge in [-0.15, -0.1) is 0 Å². The Labute approximate surface area is 153 Å². The molecule has 2 atom stereocenters. The van der Waals surface area contributed by atoms with Crippen LogP contribution in [0.3, 0.4) is 0 Å². The number of rotatable bonds is 14. The van der Waals surface area contributed by atoms with Crippen molar-refractivity contribution in [1.82, 2.24) is 15.7 Å². The van der Waals surface area contributed by atoms with Gasteiger partial charge in [-0.3, -0.25) is 18.9 Å². The van der Waals surface area contributed by atoms with Crippen molar-refractivity contribution in [1.29, 1.82) is 0 Å². The van der Waals surface area contributed by atoms with Crippen LogP contribution in [0.4, 0.5) is 0 Å². The van der Waals surface area contributed by atoms with Gasteiger partial charge in [0.1, 0.15) is 12.8 Å². The van der Waals surface area contributed by atoms with Crippen molar-refractivity contribution in [3.8, 4) is 0 Å². The van der Waals surface area contributed by atoms with Crippen LogP contribution in [0.5, 0.6) is 0 Å². The van der Waals surface area contributed by atoms with Gasteiger partial charge < -0.3 is 24.6 Å². The summed E-state index contributed by atoms with van der Waals surface area (Å²) in [6.45, 7) is 2.10. The Morgan fingerprint density at radius 2 is 1.77 bits per heavy atom. The van der Waals surface area contributed by atoms with Crippen LogP contribution in [0.25, 0.3) is 0 Å². The Morgan fingerprint density at radius 1 is 1.08 bits per heavy atom. The molecule has 0 bridgehead atoms. The van der Waals surface area contributed by atoms with Crippen molar-refractivity contribution in [3.63, 3.8) is 0 Å². The highest BCUT2D eigenvalue weighted by atomic mass is 31.2. The molecule has 0 aromatic heterocycles. The van der Waals surface area contributed by atoms with Crippen LogP contribution in [-0.2, 0) is 37.5 Å². The number of carbonyl (C=O) groups excluding carboxylic acids is 3. The summed E-state index contributed by atoms with van der Waals surface area (Å²) in [5.74, 6) is -1.28. The van der Waals surface area contributed by atoms with Crippen LogP contribution in [0.15, 0.2) is 0 Å². The molecule has 0 spiro atoms. The highest BCUT2D eigenvalue weighted by Crippen LogP contribution is 2.42. The van der Waals surface area contributed by atoms with Gasteiger partial charge in [0.2, 0.25) is 18.6 Å². The molecule has 12 heteroatoms. The lowest BCUT2D eigenvalue weighted by Crippen LogP contribution is -2.34. The van der Waals surface area contributed by atoms with Gasteiger partial charge in [-0.25, -0.2) is 9.65 Å². The molecule has 152 valence electrons. The van der Waals surface area contributed by atoms with Gasteiger partial charge in [-0.05, 0) is 19.3 Å². The highest BCUT2D eigenvalue weighted by molar-refractivity contribution is 7.51. The molecule has 0 aliphatic heterocycles. The molecule has 0 aromatic rings. The van der Waals surface area contributed by atoms with Gasteiger partial charge in [-0.2, -0.15) is 0 Å². The van der Waals surface area contributed by atoms with Crippen LogP contribution >= 0.6 is 7.75 Å². The molecular formula is C14H28N3O8P. The van der Waals surface area contributed by atoms with Crippen molar-refractivity contribution in [2.75, 3.05) is 34.1 Å². The van der Waals surface area contributed by atoms with E-state index in [2.05, 4.69) is 20.5 Å². The monoisotopic (exact) mass is 397 g/mol. The summed E-state index contributed by atoms with van der Waals surface area (Å²) in [6.07, 6.45) is 1.54. The molecule has 0 aliphatic rings. The first-order valence-corrected chi connectivity index (χ1v) is 9.52. The predicted octanol–water partition coefficient (Wildman–Crippen LogP) is 0.263. The lowest BCUT2D eigenvalue weighted by Gasteiger charge is -2.18. The predicted molar refractivity (Wildman–Crippen MR) is 91.8 cm³/mol. The first-order valence-electron chi connectivity index (χ1n) is 7.97. The second kappa shape index (κ2) is 13.7. The Kier molecular flexibility index (Phi) is 12.9. The molecule has 0 aliphatic carbocycles. The minimum Gasteiger partial charge on any atom is -0.437 e. The molecule has 11 nitrogen and oxygen atoms in total. The van der Waals surface area contributed by atoms with Gasteiger partial charge in [0, 0.05) is 34.6 Å². The van der Waals surface area contributed by atoms with Crippen LogP contribution in [0.1, 0.15) is 33.1 Å². The smallest absolute Gasteiger partial charge is 0.408 e. The zero-order valence-electron chi connectivity index (χ0n) is 15.5. The fraction of sp³-hybridized carbons (Fsp3) is 0.786. The Balaban J connectivity index is 4.00. The number of ether oxygens (including phenoxy) is 2. The summed E-state index contributed by atoms with van der Waals surface area (Å²) in [7, 11) is -0.905. The van der Waals surface area contributed by atoms with E-state index in [-0.39, 0.29) is 24.6 Å². The van der Waals surface area contributed by atoms with Gasteiger partial charge in [-0.1, -0.05) is 0 Å². The normalized spacial score (nSPS) is 14.2. The molecule has 0 radical (unpaired) electrons. The third kappa shape index (κ3) is 12.8. The van der Waals surface area contributed by atoms with Gasteiger partial charge in [0.25, 0.3) is 0 Å². The van der Waals surface area contributed by atoms with Gasteiger partial charge >= 0.3 is 13.7 Å². The van der Waals surface area contributed by atoms with E-state index in [1.807, 2.05) is 0 Å². The first-order chi connectivity index (χ1) is 12.2. The van der Waals surface area contributed by atoms with Crippen LogP contribution < -0.4 is 15.7 Å². The average molecular weight is 397 g/mol. The molecule has 0 rings (SSSR count). The zero-order valence-corrected chi connectivity index (χ0v) is 16.4. The van der Waals surface area contributed by atoms with Crippen molar-refractivity contribution in [2.24, 2.45) is 0 Å². The number of esters is 1. The minimum absolute atomic E-state index is 0.180. The number of amides is 2.